The first-order chi connectivity index (χ1) is 15.4. The van der Waals surface area contributed by atoms with E-state index >= 15 is 0 Å². The molecule has 0 aromatic carbocycles. The van der Waals surface area contributed by atoms with Crippen LogP contribution in [0, 0.1) is 18.8 Å². The predicted octanol–water partition coefficient (Wildman–Crippen LogP) is 5.32. The van der Waals surface area contributed by atoms with Gasteiger partial charge < -0.3 is 14.6 Å². The Bertz CT molecular complexity index is 869. The smallest absolute Gasteiger partial charge is 0.343 e. The van der Waals surface area contributed by atoms with Gasteiger partial charge in [-0.15, -0.1) is 0 Å². The van der Waals surface area contributed by atoms with Gasteiger partial charge in [0, 0.05) is 7.14 Å². The van der Waals surface area contributed by atoms with Crippen LogP contribution in [0.2, 0.25) is 0 Å². The zero-order chi connectivity index (χ0) is 25.7. The molecule has 0 spiro atoms. The van der Waals surface area contributed by atoms with Crippen LogP contribution in [0.15, 0.2) is 27.7 Å². The number of hydrogen-bond donors (Lipinski definition) is 1. The second kappa shape index (κ2) is 15.0. The van der Waals surface area contributed by atoms with E-state index in [1.54, 1.807) is 20.0 Å². The molecule has 0 amide bonds. The SMILES string of the molecule is CCOC(=O)C(C=N/N=C(/C)C(C)C)=C(C)O.CCOC(=O)c1cnn(C(C)C(C)C)c1C.[HH]. The maximum absolute atomic E-state index is 11.6. The zero-order valence-electron chi connectivity index (χ0n) is 21.7. The Labute approximate surface area is 199 Å². The van der Waals surface area contributed by atoms with Crippen LogP contribution >= 0.6 is 0 Å². The summed E-state index contributed by atoms with van der Waals surface area (Å²) in [7, 11) is 0. The Morgan fingerprint density at radius 1 is 1.15 bits per heavy atom. The van der Waals surface area contributed by atoms with E-state index in [-0.39, 0.29) is 37.3 Å². The van der Waals surface area contributed by atoms with Gasteiger partial charge in [-0.3, -0.25) is 4.68 Å². The van der Waals surface area contributed by atoms with Gasteiger partial charge in [0.05, 0.1) is 37.4 Å². The number of rotatable bonds is 9. The molecule has 1 N–H and O–H groups in total. The molecule has 9 nitrogen and oxygen atoms in total. The molecule has 1 atom stereocenters. The molecule has 0 saturated heterocycles. The number of aliphatic hydroxyl groups excluding tert-OH is 1. The van der Waals surface area contributed by atoms with Crippen molar-refractivity contribution in [3.05, 3.63) is 28.8 Å². The van der Waals surface area contributed by atoms with Crippen LogP contribution < -0.4 is 0 Å². The van der Waals surface area contributed by atoms with Crippen LogP contribution in [0.5, 0.6) is 0 Å². The number of carbonyl (C=O) groups excluding carboxylic acids is 2. The van der Waals surface area contributed by atoms with Crippen molar-refractivity contribution in [1.82, 2.24) is 9.78 Å². The minimum Gasteiger partial charge on any atom is -0.512 e. The molecule has 0 radical (unpaired) electrons. The lowest BCUT2D eigenvalue weighted by Crippen LogP contribution is -2.15. The molecular weight excluding hydrogens is 424 g/mol. The van der Waals surface area contributed by atoms with Crippen LogP contribution in [-0.2, 0) is 14.3 Å². The van der Waals surface area contributed by atoms with Gasteiger partial charge in [0.2, 0.25) is 0 Å². The number of aromatic nitrogens is 2. The van der Waals surface area contributed by atoms with Gasteiger partial charge >= 0.3 is 11.9 Å². The molecule has 188 valence electrons. The maximum Gasteiger partial charge on any atom is 0.343 e. The summed E-state index contributed by atoms with van der Waals surface area (Å²) >= 11 is 0. The van der Waals surface area contributed by atoms with Crippen LogP contribution in [-0.4, -0.2) is 52.0 Å². The highest BCUT2D eigenvalue weighted by Crippen LogP contribution is 2.20. The highest BCUT2D eigenvalue weighted by Gasteiger charge is 2.19. The first kappa shape index (κ1) is 30.0. The number of hydrogen-bond acceptors (Lipinski definition) is 8. The summed E-state index contributed by atoms with van der Waals surface area (Å²) in [4.78, 5) is 23.0. The second-order valence-corrected chi connectivity index (χ2v) is 8.15. The Morgan fingerprint density at radius 2 is 1.73 bits per heavy atom. The third-order valence-electron chi connectivity index (χ3n) is 5.01. The molecule has 0 aliphatic carbocycles. The maximum atomic E-state index is 11.6. The molecular formula is C24H42N4O5. The lowest BCUT2D eigenvalue weighted by molar-refractivity contribution is -0.138. The average Bonchev–Trinajstić information content (AvgIpc) is 3.12. The molecule has 0 saturated carbocycles. The number of ether oxygens (including phenoxy) is 2. The van der Waals surface area contributed by atoms with Crippen LogP contribution in [0.3, 0.4) is 0 Å². The Balaban J connectivity index is 0. The summed E-state index contributed by atoms with van der Waals surface area (Å²) in [6.45, 7) is 19.6. The van der Waals surface area contributed by atoms with Gasteiger partial charge in [-0.2, -0.15) is 15.3 Å². The summed E-state index contributed by atoms with van der Waals surface area (Å²) in [5.74, 6) is -0.258. The lowest BCUT2D eigenvalue weighted by Gasteiger charge is -2.18. The average molecular weight is 467 g/mol. The van der Waals surface area contributed by atoms with E-state index < -0.39 is 5.97 Å². The van der Waals surface area contributed by atoms with Gasteiger partial charge in [-0.05, 0) is 53.4 Å². The summed E-state index contributed by atoms with van der Waals surface area (Å²) in [6, 6.07) is 0.281. The fourth-order valence-electron chi connectivity index (χ4n) is 2.32. The number of aliphatic hydroxyl groups is 1. The third-order valence-corrected chi connectivity index (χ3v) is 5.01. The zero-order valence-corrected chi connectivity index (χ0v) is 21.7. The highest BCUT2D eigenvalue weighted by atomic mass is 16.5. The van der Waals surface area contributed by atoms with E-state index in [2.05, 4.69) is 36.1 Å². The van der Waals surface area contributed by atoms with E-state index in [1.165, 1.54) is 13.1 Å². The molecule has 1 aromatic rings. The summed E-state index contributed by atoms with van der Waals surface area (Å²) in [5.41, 5.74) is 2.31. The standard InChI is InChI=1S/C12H20N2O3.C12H20N2O2.H2/c1-6-17-12(16)11(10(5)15)7-13-14-9(4)8(2)3;1-6-16-12(15)11-7-13-14(10(11)5)9(4)8(2)3;/h7-8,15H,6H2,1-5H3;7-9H,6H2,1-5H3;1H/b11-10?,13-7?,14-9-;;. The van der Waals surface area contributed by atoms with Crippen LogP contribution in [0.1, 0.15) is 85.8 Å². The summed E-state index contributed by atoms with van der Waals surface area (Å²) < 4.78 is 11.6. The highest BCUT2D eigenvalue weighted by molar-refractivity contribution is 6.09. The van der Waals surface area contributed by atoms with Gasteiger partial charge in [-0.25, -0.2) is 9.59 Å². The molecule has 33 heavy (non-hydrogen) atoms. The number of nitrogens with zero attached hydrogens (tertiary/aromatic N) is 4. The Kier molecular flexibility index (Phi) is 13.6. The molecule has 0 bridgehead atoms. The lowest BCUT2D eigenvalue weighted by atomic mass is 10.1. The normalized spacial score (nSPS) is 13.5. The monoisotopic (exact) mass is 466 g/mol. The van der Waals surface area contributed by atoms with Crippen molar-refractivity contribution in [1.29, 1.82) is 0 Å². The topological polar surface area (TPSA) is 115 Å². The molecule has 1 rings (SSSR count). The van der Waals surface area contributed by atoms with Gasteiger partial charge in [0.15, 0.2) is 0 Å². The van der Waals surface area contributed by atoms with E-state index in [4.69, 9.17) is 9.47 Å². The molecule has 9 heteroatoms. The van der Waals surface area contributed by atoms with Gasteiger partial charge in [0.25, 0.3) is 0 Å². The molecule has 0 fully saturated rings. The largest absolute Gasteiger partial charge is 0.512 e. The molecule has 0 aliphatic rings. The van der Waals surface area contributed by atoms with Crippen molar-refractivity contribution in [2.45, 2.75) is 75.3 Å². The summed E-state index contributed by atoms with van der Waals surface area (Å²) in [5, 5.41) is 21.3. The van der Waals surface area contributed by atoms with Gasteiger partial charge in [0.1, 0.15) is 16.9 Å². The number of carbonyl (C=O) groups is 2. The first-order valence-corrected chi connectivity index (χ1v) is 11.2. The van der Waals surface area contributed by atoms with E-state index in [9.17, 15) is 14.7 Å². The second-order valence-electron chi connectivity index (χ2n) is 8.15. The molecule has 1 aromatic heterocycles. The van der Waals surface area contributed by atoms with E-state index in [0.717, 1.165) is 11.4 Å². The minimum atomic E-state index is -0.603. The van der Waals surface area contributed by atoms with Crippen molar-refractivity contribution in [2.24, 2.45) is 22.0 Å². The van der Waals surface area contributed by atoms with E-state index in [0.29, 0.717) is 18.1 Å². The Hall–Kier alpha value is -2.97. The third kappa shape index (κ3) is 10.0. The van der Waals surface area contributed by atoms with Crippen LogP contribution in [0.25, 0.3) is 0 Å². The fourth-order valence-corrected chi connectivity index (χ4v) is 2.32. The Morgan fingerprint density at radius 3 is 2.18 bits per heavy atom. The first-order valence-electron chi connectivity index (χ1n) is 11.2. The van der Waals surface area contributed by atoms with E-state index in [1.807, 2.05) is 32.4 Å². The van der Waals surface area contributed by atoms with Crippen molar-refractivity contribution in [2.75, 3.05) is 13.2 Å². The molecule has 1 unspecified atom stereocenters. The van der Waals surface area contributed by atoms with Crippen molar-refractivity contribution >= 4 is 23.9 Å². The van der Waals surface area contributed by atoms with Crippen molar-refractivity contribution in [3.8, 4) is 0 Å². The predicted molar refractivity (Wildman–Crippen MR) is 133 cm³/mol. The quantitative estimate of drug-likeness (QED) is 0.173. The fraction of sp³-hybridized carbons (Fsp3) is 0.625. The molecule has 0 aliphatic heterocycles. The van der Waals surface area contributed by atoms with Crippen LogP contribution in [0.4, 0.5) is 0 Å². The number of esters is 2. The van der Waals surface area contributed by atoms with Gasteiger partial charge in [-0.1, -0.05) is 27.7 Å². The molecule has 1 heterocycles. The van der Waals surface area contributed by atoms with Crippen molar-refractivity contribution < 1.29 is 25.6 Å². The number of allylic oxidation sites excluding steroid dienone is 1. The minimum absolute atomic E-state index is 0. The summed E-state index contributed by atoms with van der Waals surface area (Å²) in [6.07, 6.45) is 2.80. The van der Waals surface area contributed by atoms with Crippen molar-refractivity contribution in [3.63, 3.8) is 0 Å².